The minimum Gasteiger partial charge on any atom is -0.368 e. The Hall–Kier alpha value is -1.10. The van der Waals surface area contributed by atoms with Crippen LogP contribution in [0.25, 0.3) is 0 Å². The first-order valence-electron chi connectivity index (χ1n) is 7.93. The molecule has 1 heterocycles. The molecule has 0 aromatic heterocycles. The highest BCUT2D eigenvalue weighted by atomic mass is 16.1. The lowest BCUT2D eigenvalue weighted by Crippen LogP contribution is -2.53. The summed E-state index contributed by atoms with van der Waals surface area (Å²) in [4.78, 5) is 26.4. The summed E-state index contributed by atoms with van der Waals surface area (Å²) in [6.07, 6.45) is 9.53. The standard InChI is InChI=1S/C15H27N3O2/c16-15(20)14(7-6-13-4-2-1-3-5-13)18-10-8-17(12-19)9-11-18/h12-14H,1-11H2,(H2,16,20). The van der Waals surface area contributed by atoms with Gasteiger partial charge in [-0.3, -0.25) is 14.5 Å². The summed E-state index contributed by atoms with van der Waals surface area (Å²) < 4.78 is 0. The fraction of sp³-hybridized carbons (Fsp3) is 0.867. The van der Waals surface area contributed by atoms with Crippen LogP contribution in [0.1, 0.15) is 44.9 Å². The van der Waals surface area contributed by atoms with Crippen molar-refractivity contribution in [3.63, 3.8) is 0 Å². The molecule has 2 fully saturated rings. The zero-order valence-electron chi connectivity index (χ0n) is 12.3. The molecular formula is C15H27N3O2. The van der Waals surface area contributed by atoms with Gasteiger partial charge in [0.05, 0.1) is 6.04 Å². The molecule has 1 unspecified atom stereocenters. The summed E-state index contributed by atoms with van der Waals surface area (Å²) in [7, 11) is 0. The monoisotopic (exact) mass is 281 g/mol. The van der Waals surface area contributed by atoms with Gasteiger partial charge in [-0.15, -0.1) is 0 Å². The van der Waals surface area contributed by atoms with Crippen molar-refractivity contribution in [1.29, 1.82) is 0 Å². The van der Waals surface area contributed by atoms with Crippen LogP contribution in [-0.2, 0) is 9.59 Å². The number of piperazine rings is 1. The van der Waals surface area contributed by atoms with Gasteiger partial charge in [-0.1, -0.05) is 32.1 Å². The summed E-state index contributed by atoms with van der Waals surface area (Å²) in [5, 5.41) is 0. The van der Waals surface area contributed by atoms with Crippen molar-refractivity contribution < 1.29 is 9.59 Å². The molecule has 0 radical (unpaired) electrons. The average molecular weight is 281 g/mol. The van der Waals surface area contributed by atoms with Crippen LogP contribution < -0.4 is 5.73 Å². The summed E-state index contributed by atoms with van der Waals surface area (Å²) in [6.45, 7) is 2.93. The number of rotatable bonds is 6. The Bertz CT molecular complexity index is 321. The van der Waals surface area contributed by atoms with Crippen LogP contribution >= 0.6 is 0 Å². The summed E-state index contributed by atoms with van der Waals surface area (Å²) >= 11 is 0. The molecular weight excluding hydrogens is 254 g/mol. The third kappa shape index (κ3) is 4.20. The van der Waals surface area contributed by atoms with Gasteiger partial charge < -0.3 is 10.6 Å². The Morgan fingerprint density at radius 3 is 2.35 bits per heavy atom. The molecule has 114 valence electrons. The molecule has 1 atom stereocenters. The molecule has 20 heavy (non-hydrogen) atoms. The predicted molar refractivity (Wildman–Crippen MR) is 78.0 cm³/mol. The van der Waals surface area contributed by atoms with Crippen molar-refractivity contribution >= 4 is 12.3 Å². The van der Waals surface area contributed by atoms with Gasteiger partial charge in [-0.2, -0.15) is 0 Å². The second kappa shape index (κ2) is 7.62. The van der Waals surface area contributed by atoms with Crippen LogP contribution in [0.2, 0.25) is 0 Å². The van der Waals surface area contributed by atoms with E-state index >= 15 is 0 Å². The number of carbonyl (C=O) groups excluding carboxylic acids is 2. The number of carbonyl (C=O) groups is 2. The normalized spacial score (nSPS) is 23.5. The Kier molecular flexibility index (Phi) is 5.83. The highest BCUT2D eigenvalue weighted by Crippen LogP contribution is 2.28. The van der Waals surface area contributed by atoms with E-state index in [-0.39, 0.29) is 11.9 Å². The van der Waals surface area contributed by atoms with Gasteiger partial charge in [0.25, 0.3) is 0 Å². The second-order valence-corrected chi connectivity index (χ2v) is 6.18. The molecule has 0 spiro atoms. The van der Waals surface area contributed by atoms with Crippen LogP contribution in [0.15, 0.2) is 0 Å². The van der Waals surface area contributed by atoms with Gasteiger partial charge in [0, 0.05) is 26.2 Å². The molecule has 0 aromatic rings. The topological polar surface area (TPSA) is 66.6 Å². The average Bonchev–Trinajstić information content (AvgIpc) is 2.49. The minimum absolute atomic E-state index is 0.147. The van der Waals surface area contributed by atoms with E-state index in [2.05, 4.69) is 4.90 Å². The van der Waals surface area contributed by atoms with Crippen LogP contribution in [0.5, 0.6) is 0 Å². The second-order valence-electron chi connectivity index (χ2n) is 6.18. The number of nitrogens with two attached hydrogens (primary N) is 1. The van der Waals surface area contributed by atoms with Gasteiger partial charge in [0.2, 0.25) is 12.3 Å². The summed E-state index contributed by atoms with van der Waals surface area (Å²) in [6, 6.07) is -0.147. The lowest BCUT2D eigenvalue weighted by molar-refractivity contribution is -0.125. The number of nitrogens with zero attached hydrogens (tertiary/aromatic N) is 2. The number of hydrogen-bond acceptors (Lipinski definition) is 3. The van der Waals surface area contributed by atoms with Gasteiger partial charge >= 0.3 is 0 Å². The maximum Gasteiger partial charge on any atom is 0.234 e. The molecule has 5 heteroatoms. The van der Waals surface area contributed by atoms with E-state index in [9.17, 15) is 9.59 Å². The maximum atomic E-state index is 11.7. The third-order valence-corrected chi connectivity index (χ3v) is 4.84. The smallest absolute Gasteiger partial charge is 0.234 e. The highest BCUT2D eigenvalue weighted by Gasteiger charge is 2.28. The van der Waals surface area contributed by atoms with E-state index in [1.165, 1.54) is 32.1 Å². The first-order chi connectivity index (χ1) is 9.70. The minimum atomic E-state index is -0.208. The molecule has 2 N–H and O–H groups in total. The van der Waals surface area contributed by atoms with Gasteiger partial charge in [-0.05, 0) is 18.8 Å². The molecule has 0 aromatic carbocycles. The van der Waals surface area contributed by atoms with E-state index in [4.69, 9.17) is 5.73 Å². The number of primary amides is 1. The van der Waals surface area contributed by atoms with Gasteiger partial charge in [0.1, 0.15) is 0 Å². The molecule has 5 nitrogen and oxygen atoms in total. The van der Waals surface area contributed by atoms with Crippen molar-refractivity contribution in [3.05, 3.63) is 0 Å². The fourth-order valence-electron chi connectivity index (χ4n) is 3.53. The molecule has 2 aliphatic rings. The molecule has 2 amide bonds. The summed E-state index contributed by atoms with van der Waals surface area (Å²) in [5.74, 6) is 0.572. The van der Waals surface area contributed by atoms with E-state index in [0.29, 0.717) is 13.1 Å². The van der Waals surface area contributed by atoms with Gasteiger partial charge in [-0.25, -0.2) is 0 Å². The highest BCUT2D eigenvalue weighted by molar-refractivity contribution is 5.79. The number of hydrogen-bond donors (Lipinski definition) is 1. The quantitative estimate of drug-likeness (QED) is 0.738. The van der Waals surface area contributed by atoms with E-state index in [1.807, 2.05) is 0 Å². The van der Waals surface area contributed by atoms with Crippen molar-refractivity contribution in [2.45, 2.75) is 51.0 Å². The fourth-order valence-corrected chi connectivity index (χ4v) is 3.53. The SMILES string of the molecule is NC(=O)C(CCC1CCCCC1)N1CCN(C=O)CC1. The number of amides is 2. The molecule has 1 saturated carbocycles. The molecule has 1 saturated heterocycles. The molecule has 1 aliphatic carbocycles. The Morgan fingerprint density at radius 2 is 1.80 bits per heavy atom. The van der Waals surface area contributed by atoms with Crippen LogP contribution in [0.3, 0.4) is 0 Å². The lowest BCUT2D eigenvalue weighted by atomic mass is 9.85. The first-order valence-corrected chi connectivity index (χ1v) is 7.93. The third-order valence-electron chi connectivity index (χ3n) is 4.84. The van der Waals surface area contributed by atoms with Crippen molar-refractivity contribution in [1.82, 2.24) is 9.80 Å². The van der Waals surface area contributed by atoms with E-state index in [0.717, 1.165) is 38.3 Å². The van der Waals surface area contributed by atoms with Crippen molar-refractivity contribution in [3.8, 4) is 0 Å². The largest absolute Gasteiger partial charge is 0.368 e. The van der Waals surface area contributed by atoms with Gasteiger partial charge in [0.15, 0.2) is 0 Å². The summed E-state index contributed by atoms with van der Waals surface area (Å²) in [5.41, 5.74) is 5.59. The zero-order chi connectivity index (χ0) is 14.4. The Morgan fingerprint density at radius 1 is 1.15 bits per heavy atom. The lowest BCUT2D eigenvalue weighted by Gasteiger charge is -2.37. The molecule has 2 rings (SSSR count). The van der Waals surface area contributed by atoms with Crippen LogP contribution in [0, 0.1) is 5.92 Å². The molecule has 1 aliphatic heterocycles. The van der Waals surface area contributed by atoms with E-state index < -0.39 is 0 Å². The Balaban J connectivity index is 1.80. The van der Waals surface area contributed by atoms with Crippen molar-refractivity contribution in [2.24, 2.45) is 11.7 Å². The maximum absolute atomic E-state index is 11.7. The van der Waals surface area contributed by atoms with Crippen molar-refractivity contribution in [2.75, 3.05) is 26.2 Å². The Labute approximate surface area is 121 Å². The zero-order valence-corrected chi connectivity index (χ0v) is 12.3. The van der Waals surface area contributed by atoms with E-state index in [1.54, 1.807) is 4.90 Å². The predicted octanol–water partition coefficient (Wildman–Crippen LogP) is 0.975. The first kappa shape index (κ1) is 15.3. The van der Waals surface area contributed by atoms with Crippen LogP contribution in [-0.4, -0.2) is 54.3 Å². The molecule has 0 bridgehead atoms. The van der Waals surface area contributed by atoms with Crippen LogP contribution in [0.4, 0.5) is 0 Å².